The number of methoxy groups -OCH3 is 1. The van der Waals surface area contributed by atoms with Crippen LogP contribution in [-0.2, 0) is 4.74 Å². The molecule has 3 N–H and O–H groups in total. The predicted molar refractivity (Wildman–Crippen MR) is 52.0 cm³/mol. The summed E-state index contributed by atoms with van der Waals surface area (Å²) in [5.74, 6) is 0.228. The average molecular weight is 189 g/mol. The van der Waals surface area contributed by atoms with E-state index >= 15 is 0 Å². The normalized spacial score (nSPS) is 14.9. The predicted octanol–water partition coefficient (Wildman–Crippen LogP) is 0.0896. The molecular weight excluding hydrogens is 170 g/mol. The first kappa shape index (κ1) is 12.2. The minimum atomic E-state index is 0.228. The van der Waals surface area contributed by atoms with Crippen LogP contribution in [0.15, 0.2) is 5.16 Å². The van der Waals surface area contributed by atoms with Crippen LogP contribution in [0, 0.1) is 0 Å². The first-order chi connectivity index (χ1) is 6.11. The van der Waals surface area contributed by atoms with Gasteiger partial charge in [-0.05, 0) is 20.4 Å². The van der Waals surface area contributed by atoms with Gasteiger partial charge in [0, 0.05) is 19.8 Å². The van der Waals surface area contributed by atoms with Gasteiger partial charge in [-0.3, -0.25) is 4.90 Å². The molecule has 0 aliphatic heterocycles. The number of ether oxygens (including phenoxy) is 1. The van der Waals surface area contributed by atoms with Crippen molar-refractivity contribution in [1.82, 2.24) is 4.90 Å². The molecule has 5 heteroatoms. The van der Waals surface area contributed by atoms with Crippen molar-refractivity contribution in [3.8, 4) is 0 Å². The van der Waals surface area contributed by atoms with Crippen LogP contribution in [-0.4, -0.2) is 49.3 Å². The van der Waals surface area contributed by atoms with Gasteiger partial charge in [-0.15, -0.1) is 0 Å². The molecule has 0 radical (unpaired) electrons. The Morgan fingerprint density at radius 2 is 2.31 bits per heavy atom. The number of oxime groups is 1. The Hall–Kier alpha value is -0.810. The monoisotopic (exact) mass is 189 g/mol. The molecule has 13 heavy (non-hydrogen) atoms. The van der Waals surface area contributed by atoms with E-state index in [0.29, 0.717) is 12.6 Å². The molecular formula is C8H19N3O2. The summed E-state index contributed by atoms with van der Waals surface area (Å²) < 4.78 is 4.96. The second-order valence-corrected chi connectivity index (χ2v) is 3.14. The van der Waals surface area contributed by atoms with Crippen molar-refractivity contribution in [2.24, 2.45) is 10.9 Å². The van der Waals surface area contributed by atoms with Gasteiger partial charge in [0.2, 0.25) is 0 Å². The van der Waals surface area contributed by atoms with E-state index in [0.717, 1.165) is 13.0 Å². The number of hydrogen-bond acceptors (Lipinski definition) is 4. The Kier molecular flexibility index (Phi) is 6.26. The van der Waals surface area contributed by atoms with E-state index in [1.54, 1.807) is 7.11 Å². The van der Waals surface area contributed by atoms with Gasteiger partial charge in [0.15, 0.2) is 5.84 Å². The molecule has 0 heterocycles. The third kappa shape index (κ3) is 5.43. The second-order valence-electron chi connectivity index (χ2n) is 3.14. The highest BCUT2D eigenvalue weighted by Crippen LogP contribution is 2.00. The fraction of sp³-hybridized carbons (Fsp3) is 0.875. The summed E-state index contributed by atoms with van der Waals surface area (Å²) in [7, 11) is 3.61. The summed E-state index contributed by atoms with van der Waals surface area (Å²) in [6.45, 7) is 3.27. The van der Waals surface area contributed by atoms with E-state index in [-0.39, 0.29) is 5.84 Å². The van der Waals surface area contributed by atoms with E-state index in [4.69, 9.17) is 15.7 Å². The van der Waals surface area contributed by atoms with Crippen LogP contribution >= 0.6 is 0 Å². The SMILES string of the molecule is COCCC(C)N(C)CC(N)=NO. The Labute approximate surface area is 79.2 Å². The van der Waals surface area contributed by atoms with E-state index in [1.807, 2.05) is 11.9 Å². The molecule has 0 saturated heterocycles. The van der Waals surface area contributed by atoms with Gasteiger partial charge < -0.3 is 15.7 Å². The number of likely N-dealkylation sites (N-methyl/N-ethyl adjacent to an activating group) is 1. The summed E-state index contributed by atoms with van der Waals surface area (Å²) >= 11 is 0. The van der Waals surface area contributed by atoms with Crippen LogP contribution in [0.5, 0.6) is 0 Å². The van der Waals surface area contributed by atoms with Crippen LogP contribution < -0.4 is 5.73 Å². The maximum atomic E-state index is 8.35. The second kappa shape index (κ2) is 6.68. The lowest BCUT2D eigenvalue weighted by atomic mass is 10.2. The molecule has 0 amide bonds. The van der Waals surface area contributed by atoms with E-state index in [2.05, 4.69) is 12.1 Å². The maximum absolute atomic E-state index is 8.35. The van der Waals surface area contributed by atoms with Gasteiger partial charge in [-0.25, -0.2) is 0 Å². The first-order valence-corrected chi connectivity index (χ1v) is 4.27. The standard InChI is InChI=1S/C8H19N3O2/c1-7(4-5-13-3)11(2)6-8(9)10-12/h7,12H,4-6H2,1-3H3,(H2,9,10). The fourth-order valence-electron chi connectivity index (χ4n) is 0.952. The highest BCUT2D eigenvalue weighted by molar-refractivity contribution is 5.81. The van der Waals surface area contributed by atoms with Crippen molar-refractivity contribution in [1.29, 1.82) is 0 Å². The van der Waals surface area contributed by atoms with Crippen LogP contribution in [0.3, 0.4) is 0 Å². The van der Waals surface area contributed by atoms with Crippen molar-refractivity contribution in [2.75, 3.05) is 27.3 Å². The molecule has 78 valence electrons. The number of amidine groups is 1. The molecule has 0 fully saturated rings. The van der Waals surface area contributed by atoms with Gasteiger partial charge in [0.1, 0.15) is 0 Å². The molecule has 0 aromatic heterocycles. The van der Waals surface area contributed by atoms with E-state index < -0.39 is 0 Å². The lowest BCUT2D eigenvalue weighted by molar-refractivity contribution is 0.159. The zero-order valence-electron chi connectivity index (χ0n) is 8.53. The molecule has 1 atom stereocenters. The van der Waals surface area contributed by atoms with Gasteiger partial charge in [-0.1, -0.05) is 5.16 Å². The minimum absolute atomic E-state index is 0.228. The highest BCUT2D eigenvalue weighted by atomic mass is 16.5. The maximum Gasteiger partial charge on any atom is 0.153 e. The van der Waals surface area contributed by atoms with Crippen LogP contribution in [0.1, 0.15) is 13.3 Å². The van der Waals surface area contributed by atoms with E-state index in [9.17, 15) is 0 Å². The average Bonchev–Trinajstić information content (AvgIpc) is 2.13. The summed E-state index contributed by atoms with van der Waals surface area (Å²) in [4.78, 5) is 2.01. The fourth-order valence-corrected chi connectivity index (χ4v) is 0.952. The number of nitrogens with zero attached hydrogens (tertiary/aromatic N) is 2. The van der Waals surface area contributed by atoms with Gasteiger partial charge in [-0.2, -0.15) is 0 Å². The highest BCUT2D eigenvalue weighted by Gasteiger charge is 2.09. The minimum Gasteiger partial charge on any atom is -0.409 e. The molecule has 0 aliphatic carbocycles. The summed E-state index contributed by atoms with van der Waals surface area (Å²) in [5, 5.41) is 11.3. The van der Waals surface area contributed by atoms with Crippen molar-refractivity contribution < 1.29 is 9.94 Å². The molecule has 0 rings (SSSR count). The molecule has 1 unspecified atom stereocenters. The Bertz CT molecular complexity index is 161. The molecule has 0 bridgehead atoms. The van der Waals surface area contributed by atoms with Gasteiger partial charge in [0.05, 0.1) is 6.54 Å². The third-order valence-electron chi connectivity index (χ3n) is 2.03. The van der Waals surface area contributed by atoms with Crippen LogP contribution in [0.4, 0.5) is 0 Å². The van der Waals surface area contributed by atoms with Crippen LogP contribution in [0.2, 0.25) is 0 Å². The smallest absolute Gasteiger partial charge is 0.153 e. The third-order valence-corrected chi connectivity index (χ3v) is 2.03. The van der Waals surface area contributed by atoms with Gasteiger partial charge in [0.25, 0.3) is 0 Å². The van der Waals surface area contributed by atoms with Crippen molar-refractivity contribution in [3.05, 3.63) is 0 Å². The Balaban J connectivity index is 3.74. The Morgan fingerprint density at radius 3 is 2.77 bits per heavy atom. The molecule has 0 saturated carbocycles. The van der Waals surface area contributed by atoms with Crippen molar-refractivity contribution in [2.45, 2.75) is 19.4 Å². The molecule has 0 aliphatic rings. The lowest BCUT2D eigenvalue weighted by Crippen LogP contribution is -2.37. The molecule has 5 nitrogen and oxygen atoms in total. The van der Waals surface area contributed by atoms with Crippen LogP contribution in [0.25, 0.3) is 0 Å². The largest absolute Gasteiger partial charge is 0.409 e. The zero-order valence-corrected chi connectivity index (χ0v) is 8.53. The molecule has 0 aromatic rings. The Morgan fingerprint density at radius 1 is 1.69 bits per heavy atom. The van der Waals surface area contributed by atoms with Gasteiger partial charge >= 0.3 is 0 Å². The summed E-state index contributed by atoms with van der Waals surface area (Å²) in [6.07, 6.45) is 0.936. The quantitative estimate of drug-likeness (QED) is 0.269. The molecule has 0 spiro atoms. The topological polar surface area (TPSA) is 71.1 Å². The van der Waals surface area contributed by atoms with E-state index in [1.165, 1.54) is 0 Å². The number of hydrogen-bond donors (Lipinski definition) is 2. The van der Waals surface area contributed by atoms with Crippen molar-refractivity contribution >= 4 is 5.84 Å². The zero-order chi connectivity index (χ0) is 10.3. The first-order valence-electron chi connectivity index (χ1n) is 4.27. The van der Waals surface area contributed by atoms with Crippen molar-refractivity contribution in [3.63, 3.8) is 0 Å². The summed E-state index contributed by atoms with van der Waals surface area (Å²) in [5.41, 5.74) is 5.37. The molecule has 0 aromatic carbocycles. The lowest BCUT2D eigenvalue weighted by Gasteiger charge is -2.23. The number of nitrogens with two attached hydrogens (primary N) is 1. The number of rotatable bonds is 6. The summed E-state index contributed by atoms with van der Waals surface area (Å²) in [6, 6.07) is 0.361.